The summed E-state index contributed by atoms with van der Waals surface area (Å²) in [5, 5.41) is 13.4. The number of aromatic nitrogens is 2. The van der Waals surface area contributed by atoms with Gasteiger partial charge in [-0.2, -0.15) is 5.10 Å². The fraction of sp³-hybridized carbons (Fsp3) is 0.444. The van der Waals surface area contributed by atoms with Gasteiger partial charge in [-0.25, -0.2) is 0 Å². The van der Waals surface area contributed by atoms with Crippen LogP contribution in [0.25, 0.3) is 0 Å². The molecule has 1 aromatic heterocycles. The topological polar surface area (TPSA) is 88.3 Å². The number of H-pyrrole nitrogens is 1. The number of aryl methyl sites for hydroxylation is 1. The van der Waals surface area contributed by atoms with Gasteiger partial charge in [0.1, 0.15) is 0 Å². The van der Waals surface area contributed by atoms with E-state index in [1.165, 1.54) is 0 Å². The van der Waals surface area contributed by atoms with Crippen molar-refractivity contribution >= 4 is 11.7 Å². The summed E-state index contributed by atoms with van der Waals surface area (Å²) in [6, 6.07) is 5.76. The molecule has 1 amide bonds. The van der Waals surface area contributed by atoms with Crippen LogP contribution in [-0.4, -0.2) is 36.4 Å². The van der Waals surface area contributed by atoms with Gasteiger partial charge < -0.3 is 20.1 Å². The molecule has 25 heavy (non-hydrogen) atoms. The van der Waals surface area contributed by atoms with Crippen molar-refractivity contribution in [2.75, 3.05) is 25.6 Å². The number of ether oxygens (including phenoxy) is 2. The van der Waals surface area contributed by atoms with E-state index in [-0.39, 0.29) is 5.91 Å². The van der Waals surface area contributed by atoms with Gasteiger partial charge in [-0.15, -0.1) is 0 Å². The molecule has 0 aliphatic carbocycles. The summed E-state index contributed by atoms with van der Waals surface area (Å²) in [6.45, 7) is 4.19. The number of nitrogens with zero attached hydrogens (tertiary/aromatic N) is 1. The summed E-state index contributed by atoms with van der Waals surface area (Å²) >= 11 is 0. The van der Waals surface area contributed by atoms with Crippen LogP contribution in [0.3, 0.4) is 0 Å². The highest BCUT2D eigenvalue weighted by atomic mass is 16.5. The highest BCUT2D eigenvalue weighted by Gasteiger charge is 2.18. The summed E-state index contributed by atoms with van der Waals surface area (Å²) in [4.78, 5) is 12.3. The van der Waals surface area contributed by atoms with Crippen molar-refractivity contribution in [3.05, 3.63) is 35.0 Å². The predicted octanol–water partition coefficient (Wildman–Crippen LogP) is 2.03. The zero-order chi connectivity index (χ0) is 17.6. The number of benzene rings is 1. The number of methoxy groups -OCH3 is 1. The monoisotopic (exact) mass is 344 g/mol. The molecule has 7 heteroatoms. The first-order valence-electron chi connectivity index (χ1n) is 8.57. The first kappa shape index (κ1) is 17.3. The number of amides is 1. The van der Waals surface area contributed by atoms with Gasteiger partial charge in [-0.05, 0) is 44.0 Å². The van der Waals surface area contributed by atoms with Gasteiger partial charge in [-0.3, -0.25) is 9.89 Å². The zero-order valence-corrected chi connectivity index (χ0v) is 14.6. The summed E-state index contributed by atoms with van der Waals surface area (Å²) in [5.74, 6) is 2.02. The normalized spacial score (nSPS) is 13.2. The van der Waals surface area contributed by atoms with Crippen molar-refractivity contribution in [1.82, 2.24) is 15.5 Å². The van der Waals surface area contributed by atoms with E-state index < -0.39 is 0 Å². The van der Waals surface area contributed by atoms with Gasteiger partial charge >= 0.3 is 0 Å². The molecule has 134 valence electrons. The zero-order valence-electron chi connectivity index (χ0n) is 14.6. The Morgan fingerprint density at radius 1 is 1.36 bits per heavy atom. The number of anilines is 1. The first-order chi connectivity index (χ1) is 12.2. The lowest BCUT2D eigenvalue weighted by Gasteiger charge is -2.13. The lowest BCUT2D eigenvalue weighted by molar-refractivity contribution is -0.116. The molecule has 0 saturated carbocycles. The van der Waals surface area contributed by atoms with Gasteiger partial charge in [0, 0.05) is 18.5 Å². The van der Waals surface area contributed by atoms with Gasteiger partial charge in [0.15, 0.2) is 17.3 Å². The summed E-state index contributed by atoms with van der Waals surface area (Å²) in [7, 11) is 1.61. The third-order valence-electron chi connectivity index (χ3n) is 4.23. The summed E-state index contributed by atoms with van der Waals surface area (Å²) < 4.78 is 10.9. The lowest BCUT2D eigenvalue weighted by atomic mass is 10.1. The van der Waals surface area contributed by atoms with Crippen molar-refractivity contribution in [3.8, 4) is 11.5 Å². The second-order valence-electron chi connectivity index (χ2n) is 5.92. The predicted molar refractivity (Wildman–Crippen MR) is 95.1 cm³/mol. The molecule has 1 aromatic carbocycles. The van der Waals surface area contributed by atoms with Gasteiger partial charge in [0.05, 0.1) is 19.4 Å². The molecule has 0 radical (unpaired) electrons. The van der Waals surface area contributed by atoms with Crippen LogP contribution < -0.4 is 20.1 Å². The van der Waals surface area contributed by atoms with Crippen molar-refractivity contribution in [1.29, 1.82) is 0 Å². The van der Waals surface area contributed by atoms with Crippen molar-refractivity contribution < 1.29 is 14.3 Å². The minimum Gasteiger partial charge on any atom is -0.493 e. The Hall–Kier alpha value is -2.54. The fourth-order valence-electron chi connectivity index (χ4n) is 2.94. The number of rotatable bonds is 7. The maximum absolute atomic E-state index is 12.3. The van der Waals surface area contributed by atoms with E-state index in [4.69, 9.17) is 9.47 Å². The minimum atomic E-state index is -0.0410. The Kier molecular flexibility index (Phi) is 5.55. The number of hydrogen-bond donors (Lipinski definition) is 3. The van der Waals surface area contributed by atoms with E-state index in [0.717, 1.165) is 42.1 Å². The highest BCUT2D eigenvalue weighted by molar-refractivity contribution is 5.90. The Morgan fingerprint density at radius 2 is 2.24 bits per heavy atom. The number of hydrogen-bond acceptors (Lipinski definition) is 5. The van der Waals surface area contributed by atoms with Crippen LogP contribution in [0.15, 0.2) is 18.2 Å². The van der Waals surface area contributed by atoms with E-state index in [1.807, 2.05) is 25.1 Å². The SMILES string of the molecule is CCOc1ccc(CCC(=O)Nc2n[nH]c3c2CCNC3)cc1OC. The lowest BCUT2D eigenvalue weighted by Crippen LogP contribution is -2.24. The average Bonchev–Trinajstić information content (AvgIpc) is 3.04. The number of fused-ring (bicyclic) bond motifs is 1. The molecule has 0 bridgehead atoms. The summed E-state index contributed by atoms with van der Waals surface area (Å²) in [5.41, 5.74) is 3.19. The Bertz CT molecular complexity index is 742. The van der Waals surface area contributed by atoms with Crippen molar-refractivity contribution in [3.63, 3.8) is 0 Å². The molecule has 0 fully saturated rings. The van der Waals surface area contributed by atoms with Crippen LogP contribution in [0.4, 0.5) is 5.82 Å². The highest BCUT2D eigenvalue weighted by Crippen LogP contribution is 2.28. The molecular formula is C18H24N4O3. The fourth-order valence-corrected chi connectivity index (χ4v) is 2.94. The van der Waals surface area contributed by atoms with Crippen LogP contribution in [0.5, 0.6) is 11.5 Å². The molecule has 0 atom stereocenters. The third kappa shape index (κ3) is 4.11. The number of nitrogens with one attached hydrogen (secondary N) is 3. The van der Waals surface area contributed by atoms with Crippen LogP contribution in [-0.2, 0) is 24.2 Å². The Labute approximate surface area is 147 Å². The molecule has 2 heterocycles. The molecule has 2 aromatic rings. The molecule has 3 N–H and O–H groups in total. The maximum atomic E-state index is 12.3. The molecule has 0 spiro atoms. The van der Waals surface area contributed by atoms with E-state index in [9.17, 15) is 4.79 Å². The average molecular weight is 344 g/mol. The first-order valence-corrected chi connectivity index (χ1v) is 8.57. The van der Waals surface area contributed by atoms with E-state index in [1.54, 1.807) is 7.11 Å². The van der Waals surface area contributed by atoms with Crippen LogP contribution in [0.2, 0.25) is 0 Å². The Balaban J connectivity index is 1.58. The van der Waals surface area contributed by atoms with E-state index in [0.29, 0.717) is 31.0 Å². The molecule has 7 nitrogen and oxygen atoms in total. The van der Waals surface area contributed by atoms with Gasteiger partial charge in [-0.1, -0.05) is 6.07 Å². The largest absolute Gasteiger partial charge is 0.493 e. The van der Waals surface area contributed by atoms with Crippen LogP contribution >= 0.6 is 0 Å². The maximum Gasteiger partial charge on any atom is 0.225 e. The number of carbonyl (C=O) groups excluding carboxylic acids is 1. The van der Waals surface area contributed by atoms with Crippen molar-refractivity contribution in [2.24, 2.45) is 0 Å². The molecular weight excluding hydrogens is 320 g/mol. The van der Waals surface area contributed by atoms with Crippen molar-refractivity contribution in [2.45, 2.75) is 32.7 Å². The molecule has 1 aliphatic rings. The number of aromatic amines is 1. The van der Waals surface area contributed by atoms with Crippen LogP contribution in [0.1, 0.15) is 30.2 Å². The van der Waals surface area contributed by atoms with E-state index in [2.05, 4.69) is 20.8 Å². The minimum absolute atomic E-state index is 0.0410. The molecule has 0 unspecified atom stereocenters. The van der Waals surface area contributed by atoms with Gasteiger partial charge in [0.25, 0.3) is 0 Å². The molecule has 3 rings (SSSR count). The molecule has 0 saturated heterocycles. The molecule has 1 aliphatic heterocycles. The summed E-state index contributed by atoms with van der Waals surface area (Å²) in [6.07, 6.45) is 1.89. The third-order valence-corrected chi connectivity index (χ3v) is 4.23. The van der Waals surface area contributed by atoms with E-state index >= 15 is 0 Å². The smallest absolute Gasteiger partial charge is 0.225 e. The second-order valence-corrected chi connectivity index (χ2v) is 5.92. The standard InChI is InChI=1S/C18H24N4O3/c1-3-25-15-6-4-12(10-16(15)24-2)5-7-17(23)20-18-13-8-9-19-11-14(13)21-22-18/h4,6,10,19H,3,5,7-9,11H2,1-2H3,(H2,20,21,22,23). The number of carbonyl (C=O) groups is 1. The van der Waals surface area contributed by atoms with Crippen LogP contribution in [0, 0.1) is 0 Å². The second kappa shape index (κ2) is 8.02. The quantitative estimate of drug-likeness (QED) is 0.715. The Morgan fingerprint density at radius 3 is 3.04 bits per heavy atom. The van der Waals surface area contributed by atoms with Gasteiger partial charge in [0.2, 0.25) is 5.91 Å².